The maximum Gasteiger partial charge on any atom is 0.208 e. The topological polar surface area (TPSA) is 64.3 Å². The molecular formula is C58H39N3O3S2. The molecule has 1 aliphatic heterocycles. The maximum atomic E-state index is 14.3. The van der Waals surface area contributed by atoms with Gasteiger partial charge in [0, 0.05) is 76.9 Å². The molecule has 0 saturated heterocycles. The molecule has 3 aromatic heterocycles. The van der Waals surface area contributed by atoms with Gasteiger partial charge in [-0.15, -0.1) is 11.3 Å². The number of ketones is 1. The third-order valence-corrected chi connectivity index (χ3v) is 15.9. The Hall–Kier alpha value is -8.04. The van der Waals surface area contributed by atoms with E-state index >= 15 is 0 Å². The van der Waals surface area contributed by atoms with E-state index in [1.54, 1.807) is 47.7 Å². The Labute approximate surface area is 385 Å². The van der Waals surface area contributed by atoms with E-state index in [4.69, 9.17) is 0 Å². The van der Waals surface area contributed by atoms with Crippen LogP contribution in [0.4, 0.5) is 16.4 Å². The van der Waals surface area contributed by atoms with Crippen molar-refractivity contribution in [3.63, 3.8) is 0 Å². The summed E-state index contributed by atoms with van der Waals surface area (Å²) < 4.78 is 34.3. The molecule has 0 N–H and O–H groups in total. The zero-order valence-corrected chi connectivity index (χ0v) is 37.4. The van der Waals surface area contributed by atoms with Crippen molar-refractivity contribution < 1.29 is 13.2 Å². The third-order valence-electron chi connectivity index (χ3n) is 12.9. The molecule has 0 bridgehead atoms. The molecule has 66 heavy (non-hydrogen) atoms. The summed E-state index contributed by atoms with van der Waals surface area (Å²) in [6.07, 6.45) is 5.89. The second-order valence-electron chi connectivity index (χ2n) is 16.5. The SMILES string of the molecule is C=C/C=C\c1c(C)n(-c2ccc(N(c3ccc(-n4c5ccccc5c5ccccc54)cc3)c3sc4ccccc4c3-c3ccc4c(c3)S(=O)(=O)c3ccccc3C4=O)cc2)c2ccccc12. The molecule has 0 atom stereocenters. The van der Waals surface area contributed by atoms with E-state index in [2.05, 4.69) is 167 Å². The minimum absolute atomic E-state index is 0.0213. The molecule has 4 heterocycles. The van der Waals surface area contributed by atoms with Crippen molar-refractivity contribution in [2.45, 2.75) is 16.7 Å². The standard InChI is InChI=1S/C58H39N3O3S2/c1-3-4-15-43-37(2)59(50-21-10-5-16-44(43)50)39-27-29-40(30-28-39)60(41-31-33-42(34-32-41)61-51-22-11-6-17-45(51)46-18-7-12-23-52(46)61)58-56(47-19-8-13-24-53(47)65-58)38-26-35-49-55(36-38)66(63,64)54-25-14-9-20-48(54)57(49)62/h3-36H,1H2,2H3/b15-4-. The Balaban J connectivity index is 1.06. The molecule has 0 fully saturated rings. The number of rotatable bonds is 8. The Morgan fingerprint density at radius 1 is 0.561 bits per heavy atom. The van der Waals surface area contributed by atoms with Crippen LogP contribution in [0.2, 0.25) is 0 Å². The molecule has 8 aromatic carbocycles. The molecule has 0 aliphatic carbocycles. The number of carbonyl (C=O) groups is 1. The molecule has 1 aliphatic rings. The molecule has 0 radical (unpaired) electrons. The minimum Gasteiger partial charge on any atom is -0.313 e. The quantitative estimate of drug-likeness (QED) is 0.143. The van der Waals surface area contributed by atoms with Crippen LogP contribution in [-0.4, -0.2) is 23.3 Å². The molecule has 12 rings (SSSR count). The predicted octanol–water partition coefficient (Wildman–Crippen LogP) is 15.0. The summed E-state index contributed by atoms with van der Waals surface area (Å²) in [5.74, 6) is -0.294. The number of aromatic nitrogens is 2. The minimum atomic E-state index is -4.00. The second kappa shape index (κ2) is 15.3. The van der Waals surface area contributed by atoms with Crippen molar-refractivity contribution in [2.24, 2.45) is 0 Å². The summed E-state index contributed by atoms with van der Waals surface area (Å²) in [7, 11) is -4.00. The monoisotopic (exact) mass is 889 g/mol. The first-order valence-corrected chi connectivity index (χ1v) is 24.0. The highest BCUT2D eigenvalue weighted by Gasteiger charge is 2.35. The summed E-state index contributed by atoms with van der Waals surface area (Å²) in [4.78, 5) is 16.1. The molecule has 0 unspecified atom stereocenters. The summed E-state index contributed by atoms with van der Waals surface area (Å²) in [6, 6.07) is 62.8. The number of sulfone groups is 1. The Kier molecular flexibility index (Phi) is 9.17. The summed E-state index contributed by atoms with van der Waals surface area (Å²) in [6.45, 7) is 6.05. The average Bonchev–Trinajstić information content (AvgIpc) is 4.00. The number of carbonyl (C=O) groups excluding carboxylic acids is 1. The normalized spacial score (nSPS) is 13.2. The fourth-order valence-electron chi connectivity index (χ4n) is 9.89. The van der Waals surface area contributed by atoms with Crippen LogP contribution in [-0.2, 0) is 9.84 Å². The van der Waals surface area contributed by atoms with Crippen LogP contribution in [0, 0.1) is 6.92 Å². The van der Waals surface area contributed by atoms with Crippen molar-refractivity contribution >= 4 is 92.2 Å². The largest absolute Gasteiger partial charge is 0.313 e. The van der Waals surface area contributed by atoms with E-state index in [-0.39, 0.29) is 26.7 Å². The van der Waals surface area contributed by atoms with Gasteiger partial charge in [-0.05, 0) is 110 Å². The smallest absolute Gasteiger partial charge is 0.208 e. The highest BCUT2D eigenvalue weighted by Crippen LogP contribution is 2.51. The molecule has 8 heteroatoms. The number of fused-ring (bicyclic) bond motifs is 7. The van der Waals surface area contributed by atoms with Crippen LogP contribution >= 0.6 is 11.3 Å². The van der Waals surface area contributed by atoms with E-state index in [1.807, 2.05) is 24.3 Å². The van der Waals surface area contributed by atoms with Crippen LogP contribution in [0.25, 0.3) is 71.4 Å². The van der Waals surface area contributed by atoms with Gasteiger partial charge in [0.1, 0.15) is 5.00 Å². The first-order valence-electron chi connectivity index (χ1n) is 21.7. The number of hydrogen-bond acceptors (Lipinski definition) is 5. The lowest BCUT2D eigenvalue weighted by Gasteiger charge is -2.26. The average molecular weight is 890 g/mol. The predicted molar refractivity (Wildman–Crippen MR) is 272 cm³/mol. The lowest BCUT2D eigenvalue weighted by molar-refractivity contribution is 0.103. The molecule has 316 valence electrons. The van der Waals surface area contributed by atoms with Gasteiger partial charge in [-0.3, -0.25) is 4.79 Å². The fraction of sp³-hybridized carbons (Fsp3) is 0.0172. The Bertz CT molecular complexity index is 3890. The fourth-order valence-corrected chi connectivity index (χ4v) is 12.8. The number of allylic oxidation sites excluding steroid dienone is 2. The van der Waals surface area contributed by atoms with Gasteiger partial charge < -0.3 is 14.0 Å². The highest BCUT2D eigenvalue weighted by molar-refractivity contribution is 7.91. The first-order chi connectivity index (χ1) is 32.3. The van der Waals surface area contributed by atoms with Crippen molar-refractivity contribution in [3.05, 3.63) is 229 Å². The van der Waals surface area contributed by atoms with Gasteiger partial charge in [0.15, 0.2) is 5.78 Å². The zero-order chi connectivity index (χ0) is 44.7. The summed E-state index contributed by atoms with van der Waals surface area (Å²) in [5, 5.41) is 5.44. The second-order valence-corrected chi connectivity index (χ2v) is 19.4. The number of hydrogen-bond donors (Lipinski definition) is 0. The van der Waals surface area contributed by atoms with E-state index in [1.165, 1.54) is 16.8 Å². The van der Waals surface area contributed by atoms with Gasteiger partial charge in [-0.25, -0.2) is 8.42 Å². The summed E-state index contributed by atoms with van der Waals surface area (Å²) >= 11 is 1.65. The lowest BCUT2D eigenvalue weighted by atomic mass is 9.97. The molecule has 0 spiro atoms. The third kappa shape index (κ3) is 5.99. The summed E-state index contributed by atoms with van der Waals surface area (Å²) in [5.41, 5.74) is 11.5. The van der Waals surface area contributed by atoms with Gasteiger partial charge in [-0.2, -0.15) is 0 Å². The van der Waals surface area contributed by atoms with Gasteiger partial charge in [0.2, 0.25) is 9.84 Å². The van der Waals surface area contributed by atoms with Crippen LogP contribution in [0.5, 0.6) is 0 Å². The number of nitrogens with zero attached hydrogens (tertiary/aromatic N) is 3. The van der Waals surface area contributed by atoms with Gasteiger partial charge in [0.05, 0.1) is 26.3 Å². The maximum absolute atomic E-state index is 14.3. The Morgan fingerprint density at radius 3 is 1.74 bits per heavy atom. The van der Waals surface area contributed by atoms with Gasteiger partial charge in [0.25, 0.3) is 0 Å². The molecule has 0 saturated carbocycles. The van der Waals surface area contributed by atoms with Crippen LogP contribution in [0.1, 0.15) is 27.2 Å². The van der Waals surface area contributed by atoms with Crippen LogP contribution in [0.3, 0.4) is 0 Å². The Morgan fingerprint density at radius 2 is 1.09 bits per heavy atom. The number of para-hydroxylation sites is 3. The molecular weight excluding hydrogens is 851 g/mol. The van der Waals surface area contributed by atoms with Crippen molar-refractivity contribution in [1.82, 2.24) is 9.13 Å². The molecule has 6 nitrogen and oxygen atoms in total. The number of thiophene rings is 1. The van der Waals surface area contributed by atoms with Gasteiger partial charge >= 0.3 is 0 Å². The van der Waals surface area contributed by atoms with Crippen molar-refractivity contribution in [1.29, 1.82) is 0 Å². The van der Waals surface area contributed by atoms with Crippen molar-refractivity contribution in [2.75, 3.05) is 4.90 Å². The molecule has 0 amide bonds. The van der Waals surface area contributed by atoms with E-state index in [0.717, 1.165) is 76.6 Å². The van der Waals surface area contributed by atoms with E-state index < -0.39 is 9.84 Å². The zero-order valence-electron chi connectivity index (χ0n) is 35.7. The van der Waals surface area contributed by atoms with Crippen LogP contribution < -0.4 is 4.90 Å². The van der Waals surface area contributed by atoms with Crippen LogP contribution in [0.15, 0.2) is 217 Å². The van der Waals surface area contributed by atoms with Gasteiger partial charge in [-0.1, -0.05) is 116 Å². The van der Waals surface area contributed by atoms with Crippen molar-refractivity contribution in [3.8, 4) is 22.5 Å². The lowest BCUT2D eigenvalue weighted by Crippen LogP contribution is -2.20. The van der Waals surface area contributed by atoms with E-state index in [0.29, 0.717) is 5.56 Å². The molecule has 11 aromatic rings. The van der Waals surface area contributed by atoms with E-state index in [9.17, 15) is 13.2 Å². The number of benzene rings is 8. The highest BCUT2D eigenvalue weighted by atomic mass is 32.2. The first kappa shape index (κ1) is 39.5. The number of anilines is 3.